The summed E-state index contributed by atoms with van der Waals surface area (Å²) in [7, 11) is 0. The van der Waals surface area contributed by atoms with Crippen LogP contribution in [0.5, 0.6) is 5.75 Å². The minimum Gasteiger partial charge on any atom is -0.481 e. The number of amides is 1. The first-order valence-corrected chi connectivity index (χ1v) is 9.83. The van der Waals surface area contributed by atoms with Crippen LogP contribution in [-0.4, -0.2) is 12.5 Å². The Kier molecular flexibility index (Phi) is 5.52. The van der Waals surface area contributed by atoms with Gasteiger partial charge >= 0.3 is 0 Å². The van der Waals surface area contributed by atoms with Crippen molar-refractivity contribution in [3.8, 4) is 11.8 Å². The van der Waals surface area contributed by atoms with E-state index in [0.29, 0.717) is 16.5 Å². The molecule has 0 bridgehead atoms. The number of rotatable bonds is 4. The molecule has 1 amide bonds. The van der Waals surface area contributed by atoms with Gasteiger partial charge in [-0.1, -0.05) is 32.9 Å². The molecule has 4 nitrogen and oxygen atoms in total. The van der Waals surface area contributed by atoms with Crippen molar-refractivity contribution in [2.45, 2.75) is 40.0 Å². The van der Waals surface area contributed by atoms with E-state index in [0.717, 1.165) is 24.8 Å². The first-order chi connectivity index (χ1) is 12.8. The number of anilines is 1. The molecule has 0 radical (unpaired) electrons. The molecule has 3 rings (SSSR count). The van der Waals surface area contributed by atoms with Crippen LogP contribution in [0.3, 0.4) is 0 Å². The summed E-state index contributed by atoms with van der Waals surface area (Å²) < 4.78 is 18.8. The SMILES string of the molecule is CC(C)(C)[C@@H]1CCc2c(sc(NC(=O)COc3ccccc3F)c2C#N)C1. The van der Waals surface area contributed by atoms with Crippen LogP contribution in [0.15, 0.2) is 24.3 Å². The van der Waals surface area contributed by atoms with Gasteiger partial charge in [0, 0.05) is 4.88 Å². The molecule has 0 aliphatic heterocycles. The Morgan fingerprint density at radius 3 is 2.81 bits per heavy atom. The lowest BCUT2D eigenvalue weighted by Gasteiger charge is -2.33. The molecule has 0 fully saturated rings. The number of nitriles is 1. The summed E-state index contributed by atoms with van der Waals surface area (Å²) in [5.41, 5.74) is 1.83. The van der Waals surface area contributed by atoms with E-state index < -0.39 is 11.7 Å². The molecule has 142 valence electrons. The van der Waals surface area contributed by atoms with Gasteiger partial charge in [-0.15, -0.1) is 11.3 Å². The quantitative estimate of drug-likeness (QED) is 0.811. The van der Waals surface area contributed by atoms with E-state index in [1.165, 1.54) is 28.3 Å². The number of thiophene rings is 1. The van der Waals surface area contributed by atoms with E-state index in [-0.39, 0.29) is 17.8 Å². The van der Waals surface area contributed by atoms with E-state index in [9.17, 15) is 14.4 Å². The van der Waals surface area contributed by atoms with E-state index in [4.69, 9.17) is 4.74 Å². The van der Waals surface area contributed by atoms with E-state index >= 15 is 0 Å². The Labute approximate surface area is 163 Å². The van der Waals surface area contributed by atoms with Gasteiger partial charge < -0.3 is 10.1 Å². The van der Waals surface area contributed by atoms with Gasteiger partial charge in [-0.2, -0.15) is 5.26 Å². The standard InChI is InChI=1S/C21H23FN2O2S/c1-21(2,3)13-8-9-14-15(11-23)20(27-18(14)10-13)24-19(25)12-26-17-7-5-4-6-16(17)22/h4-7,13H,8-10,12H2,1-3H3,(H,24,25)/t13-/m1/s1. The summed E-state index contributed by atoms with van der Waals surface area (Å²) in [4.78, 5) is 13.4. The second-order valence-electron chi connectivity index (χ2n) is 7.89. The van der Waals surface area contributed by atoms with E-state index in [1.54, 1.807) is 12.1 Å². The third kappa shape index (κ3) is 4.30. The Bertz CT molecular complexity index is 893. The number of nitrogens with one attached hydrogen (secondary N) is 1. The highest BCUT2D eigenvalue weighted by atomic mass is 32.1. The molecule has 1 aliphatic rings. The van der Waals surface area contributed by atoms with Crippen LogP contribution in [0.2, 0.25) is 0 Å². The van der Waals surface area contributed by atoms with Crippen molar-refractivity contribution in [1.29, 1.82) is 5.26 Å². The summed E-state index contributed by atoms with van der Waals surface area (Å²) >= 11 is 1.48. The largest absolute Gasteiger partial charge is 0.481 e. The summed E-state index contributed by atoms with van der Waals surface area (Å²) in [6, 6.07) is 8.19. The number of nitrogens with zero attached hydrogens (tertiary/aromatic N) is 1. The van der Waals surface area contributed by atoms with Crippen molar-refractivity contribution in [3.63, 3.8) is 0 Å². The van der Waals surface area contributed by atoms with Gasteiger partial charge in [-0.05, 0) is 48.3 Å². The monoisotopic (exact) mass is 386 g/mol. The van der Waals surface area contributed by atoms with Crippen LogP contribution in [0.25, 0.3) is 0 Å². The van der Waals surface area contributed by atoms with Gasteiger partial charge in [0.25, 0.3) is 5.91 Å². The van der Waals surface area contributed by atoms with Gasteiger partial charge in [0.05, 0.1) is 5.56 Å². The fourth-order valence-electron chi connectivity index (χ4n) is 3.40. The fraction of sp³-hybridized carbons (Fsp3) is 0.429. The predicted molar refractivity (Wildman–Crippen MR) is 105 cm³/mol. The molecule has 0 spiro atoms. The number of carbonyl (C=O) groups excluding carboxylic acids is 1. The lowest BCUT2D eigenvalue weighted by atomic mass is 9.72. The van der Waals surface area contributed by atoms with Crippen molar-refractivity contribution in [1.82, 2.24) is 0 Å². The van der Waals surface area contributed by atoms with Crippen LogP contribution in [0, 0.1) is 28.5 Å². The third-order valence-corrected chi connectivity index (χ3v) is 6.22. The third-order valence-electron chi connectivity index (χ3n) is 5.05. The molecule has 0 unspecified atom stereocenters. The summed E-state index contributed by atoms with van der Waals surface area (Å²) in [6.45, 7) is 6.41. The molecule has 27 heavy (non-hydrogen) atoms. The molecular formula is C21H23FN2O2S. The average molecular weight is 386 g/mol. The first kappa shape index (κ1) is 19.4. The smallest absolute Gasteiger partial charge is 0.262 e. The van der Waals surface area contributed by atoms with Gasteiger partial charge in [0.1, 0.15) is 11.1 Å². The second-order valence-corrected chi connectivity index (χ2v) is 9.00. The number of hydrogen-bond donors (Lipinski definition) is 1. The molecular weight excluding hydrogens is 363 g/mol. The molecule has 1 heterocycles. The molecule has 1 aliphatic carbocycles. The molecule has 1 N–H and O–H groups in total. The minimum atomic E-state index is -0.511. The zero-order chi connectivity index (χ0) is 19.6. The van der Waals surface area contributed by atoms with E-state index in [1.807, 2.05) is 0 Å². The Morgan fingerprint density at radius 1 is 1.41 bits per heavy atom. The second kappa shape index (κ2) is 7.69. The highest BCUT2D eigenvalue weighted by Gasteiger charge is 2.32. The van der Waals surface area contributed by atoms with E-state index in [2.05, 4.69) is 32.2 Å². The Morgan fingerprint density at radius 2 is 2.15 bits per heavy atom. The maximum atomic E-state index is 13.6. The molecule has 0 saturated carbocycles. The van der Waals surface area contributed by atoms with Gasteiger partial charge in [-0.25, -0.2) is 4.39 Å². The number of carbonyl (C=O) groups is 1. The maximum absolute atomic E-state index is 13.6. The van der Waals surface area contributed by atoms with Crippen LogP contribution in [-0.2, 0) is 17.6 Å². The zero-order valence-corrected chi connectivity index (χ0v) is 16.6. The molecule has 1 aromatic carbocycles. The van der Waals surface area contributed by atoms with Crippen molar-refractivity contribution >= 4 is 22.2 Å². The molecule has 1 aromatic heterocycles. The van der Waals surface area contributed by atoms with Crippen LogP contribution in [0.4, 0.5) is 9.39 Å². The zero-order valence-electron chi connectivity index (χ0n) is 15.8. The molecule has 6 heteroatoms. The Balaban J connectivity index is 1.71. The van der Waals surface area contributed by atoms with Crippen molar-refractivity contribution in [3.05, 3.63) is 46.1 Å². The number of fused-ring (bicyclic) bond motifs is 1. The molecule has 1 atom stereocenters. The van der Waals surface area contributed by atoms with Crippen molar-refractivity contribution in [2.75, 3.05) is 11.9 Å². The average Bonchev–Trinajstić information content (AvgIpc) is 2.96. The molecule has 2 aromatic rings. The number of benzene rings is 1. The summed E-state index contributed by atoms with van der Waals surface area (Å²) in [5, 5.41) is 12.9. The maximum Gasteiger partial charge on any atom is 0.262 e. The fourth-order valence-corrected chi connectivity index (χ4v) is 4.69. The number of ether oxygens (including phenoxy) is 1. The van der Waals surface area contributed by atoms with Gasteiger partial charge in [-0.3, -0.25) is 4.79 Å². The van der Waals surface area contributed by atoms with Crippen LogP contribution < -0.4 is 10.1 Å². The topological polar surface area (TPSA) is 62.1 Å². The summed E-state index contributed by atoms with van der Waals surface area (Å²) in [6.07, 6.45) is 2.84. The van der Waals surface area contributed by atoms with Crippen molar-refractivity contribution in [2.24, 2.45) is 11.3 Å². The number of para-hydroxylation sites is 1. The van der Waals surface area contributed by atoms with Crippen LogP contribution >= 0.6 is 11.3 Å². The lowest BCUT2D eigenvalue weighted by molar-refractivity contribution is -0.118. The van der Waals surface area contributed by atoms with Gasteiger partial charge in [0.15, 0.2) is 18.2 Å². The highest BCUT2D eigenvalue weighted by Crippen LogP contribution is 2.43. The highest BCUT2D eigenvalue weighted by molar-refractivity contribution is 7.16. The van der Waals surface area contributed by atoms with Gasteiger partial charge in [0.2, 0.25) is 0 Å². The Hall–Kier alpha value is -2.39. The normalized spacial score (nSPS) is 16.3. The predicted octanol–water partition coefficient (Wildman–Crippen LogP) is 4.93. The van der Waals surface area contributed by atoms with Crippen LogP contribution in [0.1, 0.15) is 43.2 Å². The lowest BCUT2D eigenvalue weighted by Crippen LogP contribution is -2.26. The van der Waals surface area contributed by atoms with Crippen molar-refractivity contribution < 1.29 is 13.9 Å². The summed E-state index contributed by atoms with van der Waals surface area (Å²) in [5.74, 6) is -0.321. The first-order valence-electron chi connectivity index (χ1n) is 9.01. The number of hydrogen-bond acceptors (Lipinski definition) is 4. The minimum absolute atomic E-state index is 0.0339. The number of halogens is 1. The molecule has 0 saturated heterocycles.